The first-order valence-corrected chi connectivity index (χ1v) is 23.8. The van der Waals surface area contributed by atoms with E-state index in [4.69, 9.17) is 47.4 Å². The molecule has 4 atom stereocenters. The molecule has 0 unspecified atom stereocenters. The van der Waals surface area contributed by atoms with Gasteiger partial charge in [-0.1, -0.05) is 12.1 Å². The van der Waals surface area contributed by atoms with Gasteiger partial charge in [-0.2, -0.15) is 0 Å². The topological polar surface area (TPSA) is 126 Å². The lowest BCUT2D eigenvalue weighted by Gasteiger charge is -2.46. The largest absolute Gasteiger partial charge is 0.493 e. The Bertz CT molecular complexity index is 2170. The van der Waals surface area contributed by atoms with Crippen molar-refractivity contribution >= 4 is 11.9 Å². The molecule has 370 valence electrons. The van der Waals surface area contributed by atoms with Gasteiger partial charge in [0, 0.05) is 36.8 Å². The maximum atomic E-state index is 13.2. The van der Waals surface area contributed by atoms with Gasteiger partial charge in [0.15, 0.2) is 46.0 Å². The summed E-state index contributed by atoms with van der Waals surface area (Å²) in [6.45, 7) is 3.70. The Balaban J connectivity index is 0.963. The van der Waals surface area contributed by atoms with Gasteiger partial charge >= 0.3 is 11.9 Å². The maximum Gasteiger partial charge on any atom is 0.311 e. The summed E-state index contributed by atoms with van der Waals surface area (Å²) in [5, 5.41) is 0. The number of benzene rings is 4. The van der Waals surface area contributed by atoms with Crippen LogP contribution in [0.2, 0.25) is 0 Å². The summed E-state index contributed by atoms with van der Waals surface area (Å²) in [4.78, 5) is 26.4. The van der Waals surface area contributed by atoms with E-state index >= 15 is 0 Å². The third-order valence-corrected chi connectivity index (χ3v) is 14.3. The Morgan fingerprint density at radius 2 is 0.794 bits per heavy atom. The number of esters is 2. The molecule has 0 aromatic heterocycles. The van der Waals surface area contributed by atoms with Gasteiger partial charge in [0.05, 0.1) is 123 Å². The lowest BCUT2D eigenvalue weighted by Crippen LogP contribution is -2.53. The average Bonchev–Trinajstić information content (AvgIpc) is 3.36. The van der Waals surface area contributed by atoms with Crippen LogP contribution in [-0.2, 0) is 44.7 Å². The van der Waals surface area contributed by atoms with Gasteiger partial charge in [-0.05, 0) is 96.5 Å². The number of quaternary nitrogens is 2. The standard InChI is InChI=1S/C54H74N2O12/c1-55(23-19-39-33-49(63-7)51(65-9)35-41(39)43(55)29-37-15-17-45(59-3)47(31-37)61-5)25-21-53(57)67-27-13-11-12-14-28-68-54(58)22-26-56(2)24-20-40-34-50(64-8)52(66-10)36-42(40)44(56)30-38-16-18-46(60-4)48(32-38)62-6/h15-18,31-36,43-44H,11-14,19-30H2,1-10H3/q+2/t43-,44-,55-,56+/m1/s1. The van der Waals surface area contributed by atoms with E-state index in [0.29, 0.717) is 94.1 Å². The summed E-state index contributed by atoms with van der Waals surface area (Å²) in [7, 11) is 17.6. The van der Waals surface area contributed by atoms with Gasteiger partial charge in [-0.25, -0.2) is 0 Å². The lowest BCUT2D eigenvalue weighted by atomic mass is 9.86. The van der Waals surface area contributed by atoms with Gasteiger partial charge in [-0.15, -0.1) is 0 Å². The number of ether oxygens (including phenoxy) is 10. The van der Waals surface area contributed by atoms with E-state index in [2.05, 4.69) is 50.5 Å². The van der Waals surface area contributed by atoms with Crippen molar-refractivity contribution in [2.45, 2.75) is 76.3 Å². The van der Waals surface area contributed by atoms with Gasteiger partial charge in [0.25, 0.3) is 0 Å². The minimum atomic E-state index is -0.195. The Labute approximate surface area is 403 Å². The molecule has 6 rings (SSSR count). The number of carbonyl (C=O) groups is 2. The van der Waals surface area contributed by atoms with E-state index < -0.39 is 0 Å². The van der Waals surface area contributed by atoms with Crippen LogP contribution in [0, 0.1) is 0 Å². The minimum absolute atomic E-state index is 0.0484. The van der Waals surface area contributed by atoms with Gasteiger partial charge in [0.2, 0.25) is 0 Å². The molecule has 0 saturated heterocycles. The van der Waals surface area contributed by atoms with Crippen LogP contribution in [0.15, 0.2) is 60.7 Å². The number of hydrogen-bond donors (Lipinski definition) is 0. The summed E-state index contributed by atoms with van der Waals surface area (Å²) >= 11 is 0. The predicted molar refractivity (Wildman–Crippen MR) is 260 cm³/mol. The maximum absolute atomic E-state index is 13.2. The quantitative estimate of drug-likeness (QED) is 0.0360. The molecular formula is C54H74N2O12+2. The third-order valence-electron chi connectivity index (χ3n) is 14.3. The normalized spacial score (nSPS) is 19.4. The van der Waals surface area contributed by atoms with E-state index in [1.807, 2.05) is 24.3 Å². The van der Waals surface area contributed by atoms with Crippen LogP contribution in [-0.4, -0.2) is 131 Å². The Morgan fingerprint density at radius 3 is 1.15 bits per heavy atom. The SMILES string of the molecule is COc1ccc(C[C@@H]2c3cc(OC)c(OC)cc3CC[N@+]2(C)CCC(=O)OCCCCCCOC(=O)CC[N@+]2(C)CCc3cc(OC)c(OC)cc3[C@H]2Cc2ccc(OC)c(OC)c2)cc1OC. The highest BCUT2D eigenvalue weighted by molar-refractivity contribution is 5.69. The second-order valence-electron chi connectivity index (χ2n) is 18.3. The number of methoxy groups -OCH3 is 8. The number of hydrogen-bond acceptors (Lipinski definition) is 12. The number of fused-ring (bicyclic) bond motifs is 2. The zero-order valence-corrected chi connectivity index (χ0v) is 42.0. The van der Waals surface area contributed by atoms with Crippen molar-refractivity contribution in [3.05, 3.63) is 94.0 Å². The van der Waals surface area contributed by atoms with Crippen molar-refractivity contribution in [2.75, 3.05) is 110 Å². The molecule has 68 heavy (non-hydrogen) atoms. The molecule has 0 fully saturated rings. The first kappa shape index (κ1) is 51.5. The number of likely N-dealkylation sites (N-methyl/N-ethyl adjacent to an activating group) is 2. The molecule has 0 bridgehead atoms. The van der Waals surface area contributed by atoms with E-state index in [0.717, 1.165) is 75.6 Å². The highest BCUT2D eigenvalue weighted by Gasteiger charge is 2.42. The lowest BCUT2D eigenvalue weighted by molar-refractivity contribution is -0.940. The van der Waals surface area contributed by atoms with Crippen molar-refractivity contribution in [2.24, 2.45) is 0 Å². The Kier molecular flexibility index (Phi) is 18.1. The van der Waals surface area contributed by atoms with Crippen molar-refractivity contribution in [3.8, 4) is 46.0 Å². The molecule has 4 aromatic carbocycles. The molecule has 14 nitrogen and oxygen atoms in total. The predicted octanol–water partition coefficient (Wildman–Crippen LogP) is 8.46. The molecule has 0 aliphatic carbocycles. The van der Waals surface area contributed by atoms with E-state index in [1.54, 1.807) is 56.9 Å². The molecule has 0 radical (unpaired) electrons. The highest BCUT2D eigenvalue weighted by Crippen LogP contribution is 2.45. The first-order chi connectivity index (χ1) is 32.9. The van der Waals surface area contributed by atoms with E-state index in [9.17, 15) is 9.59 Å². The van der Waals surface area contributed by atoms with Crippen LogP contribution >= 0.6 is 0 Å². The van der Waals surface area contributed by atoms with Crippen LogP contribution < -0.4 is 37.9 Å². The van der Waals surface area contributed by atoms with Crippen molar-refractivity contribution in [1.82, 2.24) is 0 Å². The van der Waals surface area contributed by atoms with Gasteiger partial charge in [-0.3, -0.25) is 9.59 Å². The summed E-state index contributed by atoms with van der Waals surface area (Å²) in [6.07, 6.45) is 7.00. The van der Waals surface area contributed by atoms with Crippen molar-refractivity contribution in [3.63, 3.8) is 0 Å². The smallest absolute Gasteiger partial charge is 0.311 e. The summed E-state index contributed by atoms with van der Waals surface area (Å²) in [6, 6.07) is 20.6. The van der Waals surface area contributed by atoms with Crippen molar-refractivity contribution < 1.29 is 65.9 Å². The molecule has 0 amide bonds. The molecule has 2 aliphatic heterocycles. The van der Waals surface area contributed by atoms with Crippen LogP contribution in [0.1, 0.15) is 84.0 Å². The molecule has 0 spiro atoms. The average molecular weight is 943 g/mol. The highest BCUT2D eigenvalue weighted by atomic mass is 16.5. The fourth-order valence-corrected chi connectivity index (χ4v) is 10.1. The Morgan fingerprint density at radius 1 is 0.456 bits per heavy atom. The molecule has 2 heterocycles. The summed E-state index contributed by atoms with van der Waals surface area (Å²) in [5.41, 5.74) is 7.04. The second kappa shape index (κ2) is 23.9. The Hall–Kier alpha value is -5.86. The fourth-order valence-electron chi connectivity index (χ4n) is 10.1. The fraction of sp³-hybridized carbons (Fsp3) is 0.519. The minimum Gasteiger partial charge on any atom is -0.493 e. The molecule has 4 aromatic rings. The van der Waals surface area contributed by atoms with E-state index in [1.165, 1.54) is 22.3 Å². The van der Waals surface area contributed by atoms with E-state index in [-0.39, 0.29) is 24.0 Å². The van der Waals surface area contributed by atoms with Crippen molar-refractivity contribution in [1.29, 1.82) is 0 Å². The molecule has 0 N–H and O–H groups in total. The monoisotopic (exact) mass is 943 g/mol. The van der Waals surface area contributed by atoms with Crippen LogP contribution in [0.25, 0.3) is 0 Å². The summed E-state index contributed by atoms with van der Waals surface area (Å²) < 4.78 is 57.9. The number of carbonyl (C=O) groups excluding carboxylic acids is 2. The van der Waals surface area contributed by atoms with Crippen LogP contribution in [0.5, 0.6) is 46.0 Å². The number of nitrogens with zero attached hydrogens (tertiary/aromatic N) is 2. The third kappa shape index (κ3) is 12.2. The van der Waals surface area contributed by atoms with Crippen LogP contribution in [0.4, 0.5) is 0 Å². The van der Waals surface area contributed by atoms with Gasteiger partial charge in [0.1, 0.15) is 12.1 Å². The summed E-state index contributed by atoms with van der Waals surface area (Å²) in [5.74, 6) is 5.13. The second-order valence-corrected chi connectivity index (χ2v) is 18.3. The van der Waals surface area contributed by atoms with Crippen LogP contribution in [0.3, 0.4) is 0 Å². The zero-order valence-electron chi connectivity index (χ0n) is 42.0. The van der Waals surface area contributed by atoms with Gasteiger partial charge < -0.3 is 56.3 Å². The number of rotatable bonds is 25. The first-order valence-electron chi connectivity index (χ1n) is 23.8. The molecular weight excluding hydrogens is 869 g/mol. The molecule has 0 saturated carbocycles. The number of unbranched alkanes of at least 4 members (excludes halogenated alkanes) is 3. The zero-order chi connectivity index (χ0) is 48.8. The molecule has 2 aliphatic rings. The molecule has 14 heteroatoms.